The molecule has 26 heavy (non-hydrogen) atoms. The molecule has 132 valence electrons. The molecule has 1 aliphatic rings. The van der Waals surface area contributed by atoms with Gasteiger partial charge in [0.05, 0.1) is 6.54 Å². The van der Waals surface area contributed by atoms with E-state index in [1.807, 2.05) is 25.1 Å². The molecule has 0 radical (unpaired) electrons. The number of amides is 1. The summed E-state index contributed by atoms with van der Waals surface area (Å²) < 4.78 is 24.0. The SMILES string of the molecule is Cc1cc(C(=O)N(Cc2ccc3c(c2)OCO3)c2ccc(F)cc2)n[nH]1. The molecule has 0 unspecified atom stereocenters. The Morgan fingerprint density at radius 3 is 2.65 bits per heavy atom. The van der Waals surface area contributed by atoms with Crippen LogP contribution in [0.2, 0.25) is 0 Å². The summed E-state index contributed by atoms with van der Waals surface area (Å²) in [6.07, 6.45) is 0. The molecule has 1 amide bonds. The van der Waals surface area contributed by atoms with Gasteiger partial charge < -0.3 is 14.4 Å². The fourth-order valence-corrected chi connectivity index (χ4v) is 2.79. The minimum Gasteiger partial charge on any atom is -0.454 e. The lowest BCUT2D eigenvalue weighted by atomic mass is 10.1. The summed E-state index contributed by atoms with van der Waals surface area (Å²) >= 11 is 0. The molecular weight excluding hydrogens is 337 g/mol. The van der Waals surface area contributed by atoms with Crippen molar-refractivity contribution < 1.29 is 18.7 Å². The summed E-state index contributed by atoms with van der Waals surface area (Å²) in [6.45, 7) is 2.29. The molecule has 3 aromatic rings. The molecule has 1 N–H and O–H groups in total. The zero-order valence-electron chi connectivity index (χ0n) is 14.0. The Morgan fingerprint density at radius 1 is 1.15 bits per heavy atom. The fourth-order valence-electron chi connectivity index (χ4n) is 2.79. The van der Waals surface area contributed by atoms with E-state index in [9.17, 15) is 9.18 Å². The van der Waals surface area contributed by atoms with E-state index in [1.54, 1.807) is 23.1 Å². The average molecular weight is 353 g/mol. The number of carbonyl (C=O) groups excluding carboxylic acids is 1. The number of hydrogen-bond donors (Lipinski definition) is 1. The number of H-pyrrole nitrogens is 1. The predicted octanol–water partition coefficient (Wildman–Crippen LogP) is 3.43. The molecule has 2 heterocycles. The Hall–Kier alpha value is -3.35. The van der Waals surface area contributed by atoms with Crippen LogP contribution in [0.15, 0.2) is 48.5 Å². The van der Waals surface area contributed by atoms with E-state index < -0.39 is 0 Å². The zero-order valence-corrected chi connectivity index (χ0v) is 14.0. The quantitative estimate of drug-likeness (QED) is 0.780. The zero-order chi connectivity index (χ0) is 18.1. The lowest BCUT2D eigenvalue weighted by Crippen LogP contribution is -2.30. The number of fused-ring (bicyclic) bond motifs is 1. The minimum absolute atomic E-state index is 0.186. The van der Waals surface area contributed by atoms with Gasteiger partial charge in [0.2, 0.25) is 6.79 Å². The second kappa shape index (κ2) is 6.51. The van der Waals surface area contributed by atoms with Crippen LogP contribution in [0.5, 0.6) is 11.5 Å². The maximum atomic E-state index is 13.3. The van der Waals surface area contributed by atoms with E-state index in [2.05, 4.69) is 10.2 Å². The van der Waals surface area contributed by atoms with Crippen molar-refractivity contribution in [3.05, 3.63) is 71.3 Å². The number of hydrogen-bond acceptors (Lipinski definition) is 4. The van der Waals surface area contributed by atoms with Crippen molar-refractivity contribution in [3.8, 4) is 11.5 Å². The van der Waals surface area contributed by atoms with Crippen LogP contribution in [-0.4, -0.2) is 22.9 Å². The van der Waals surface area contributed by atoms with Crippen LogP contribution in [0.25, 0.3) is 0 Å². The van der Waals surface area contributed by atoms with Gasteiger partial charge in [-0.25, -0.2) is 4.39 Å². The molecule has 0 saturated heterocycles. The molecule has 2 aromatic carbocycles. The summed E-state index contributed by atoms with van der Waals surface area (Å²) in [6, 6.07) is 13.0. The number of halogens is 1. The van der Waals surface area contributed by atoms with Gasteiger partial charge in [-0.05, 0) is 55.0 Å². The maximum absolute atomic E-state index is 13.3. The Bertz CT molecular complexity index is 953. The molecule has 0 fully saturated rings. The largest absolute Gasteiger partial charge is 0.454 e. The maximum Gasteiger partial charge on any atom is 0.279 e. The van der Waals surface area contributed by atoms with Gasteiger partial charge in [0, 0.05) is 11.4 Å². The average Bonchev–Trinajstić information content (AvgIpc) is 3.28. The molecule has 0 spiro atoms. The van der Waals surface area contributed by atoms with Crippen molar-refractivity contribution in [2.24, 2.45) is 0 Å². The molecular formula is C19H16FN3O3. The highest BCUT2D eigenvalue weighted by Crippen LogP contribution is 2.33. The van der Waals surface area contributed by atoms with Crippen molar-refractivity contribution in [2.75, 3.05) is 11.7 Å². The molecule has 1 aromatic heterocycles. The predicted molar refractivity (Wildman–Crippen MR) is 92.8 cm³/mol. The number of benzene rings is 2. The van der Waals surface area contributed by atoms with Crippen LogP contribution in [0.4, 0.5) is 10.1 Å². The van der Waals surface area contributed by atoms with Crippen LogP contribution in [0.3, 0.4) is 0 Å². The van der Waals surface area contributed by atoms with Crippen LogP contribution in [0, 0.1) is 12.7 Å². The first kappa shape index (κ1) is 16.1. The van der Waals surface area contributed by atoms with Gasteiger partial charge in [-0.3, -0.25) is 9.89 Å². The van der Waals surface area contributed by atoms with Crippen LogP contribution >= 0.6 is 0 Å². The van der Waals surface area contributed by atoms with Crippen molar-refractivity contribution >= 4 is 11.6 Å². The third kappa shape index (κ3) is 3.11. The van der Waals surface area contributed by atoms with Crippen LogP contribution in [0.1, 0.15) is 21.7 Å². The van der Waals surface area contributed by atoms with E-state index in [0.29, 0.717) is 22.9 Å². The fraction of sp³-hybridized carbons (Fsp3) is 0.158. The second-order valence-electron chi connectivity index (χ2n) is 5.99. The lowest BCUT2D eigenvalue weighted by Gasteiger charge is -2.22. The Morgan fingerprint density at radius 2 is 1.92 bits per heavy atom. The highest BCUT2D eigenvalue weighted by molar-refractivity contribution is 6.04. The minimum atomic E-state index is -0.361. The monoisotopic (exact) mass is 353 g/mol. The van der Waals surface area contributed by atoms with Gasteiger partial charge >= 0.3 is 0 Å². The first-order chi connectivity index (χ1) is 12.6. The number of nitrogens with one attached hydrogen (secondary N) is 1. The molecule has 7 heteroatoms. The summed E-state index contributed by atoms with van der Waals surface area (Å²) in [7, 11) is 0. The van der Waals surface area contributed by atoms with Crippen LogP contribution in [-0.2, 0) is 6.54 Å². The number of rotatable bonds is 4. The van der Waals surface area contributed by atoms with Gasteiger partial charge in [0.15, 0.2) is 17.2 Å². The normalized spacial score (nSPS) is 12.2. The number of aryl methyl sites for hydroxylation is 1. The van der Waals surface area contributed by atoms with Gasteiger partial charge in [-0.15, -0.1) is 0 Å². The van der Waals surface area contributed by atoms with Crippen molar-refractivity contribution in [1.82, 2.24) is 10.2 Å². The van der Waals surface area contributed by atoms with Crippen molar-refractivity contribution in [3.63, 3.8) is 0 Å². The molecule has 4 rings (SSSR count). The topological polar surface area (TPSA) is 67.5 Å². The Kier molecular flexibility index (Phi) is 4.04. The third-order valence-corrected chi connectivity index (χ3v) is 4.09. The number of carbonyl (C=O) groups is 1. The van der Waals surface area contributed by atoms with E-state index in [1.165, 1.54) is 12.1 Å². The van der Waals surface area contributed by atoms with Gasteiger partial charge in [0.1, 0.15) is 5.82 Å². The van der Waals surface area contributed by atoms with E-state index >= 15 is 0 Å². The van der Waals surface area contributed by atoms with Gasteiger partial charge in [0.25, 0.3) is 5.91 Å². The standard InChI is InChI=1S/C19H16FN3O3/c1-12-8-16(22-21-12)19(24)23(15-5-3-14(20)4-6-15)10-13-2-7-17-18(9-13)26-11-25-17/h2-9H,10-11H2,1H3,(H,21,22). The van der Waals surface area contributed by atoms with Crippen LogP contribution < -0.4 is 14.4 Å². The second-order valence-corrected chi connectivity index (χ2v) is 5.99. The summed E-state index contributed by atoms with van der Waals surface area (Å²) in [5.74, 6) is 0.680. The summed E-state index contributed by atoms with van der Waals surface area (Å²) in [5, 5.41) is 6.81. The highest BCUT2D eigenvalue weighted by Gasteiger charge is 2.22. The Labute approximate surface area is 149 Å². The molecule has 6 nitrogen and oxygen atoms in total. The molecule has 0 atom stereocenters. The Balaban J connectivity index is 1.68. The number of aromatic amines is 1. The molecule has 0 aliphatic carbocycles. The van der Waals surface area contributed by atoms with Gasteiger partial charge in [-0.1, -0.05) is 6.07 Å². The molecule has 1 aliphatic heterocycles. The van der Waals surface area contributed by atoms with Crippen molar-refractivity contribution in [2.45, 2.75) is 13.5 Å². The summed E-state index contributed by atoms with van der Waals surface area (Å²) in [4.78, 5) is 14.5. The summed E-state index contributed by atoms with van der Waals surface area (Å²) in [5.41, 5.74) is 2.52. The number of aromatic nitrogens is 2. The van der Waals surface area contributed by atoms with E-state index in [0.717, 1.165) is 11.3 Å². The lowest BCUT2D eigenvalue weighted by molar-refractivity contribution is 0.0980. The highest BCUT2D eigenvalue weighted by atomic mass is 19.1. The number of anilines is 1. The van der Waals surface area contributed by atoms with Crippen molar-refractivity contribution in [1.29, 1.82) is 0 Å². The first-order valence-electron chi connectivity index (χ1n) is 8.08. The van der Waals surface area contributed by atoms with E-state index in [4.69, 9.17) is 9.47 Å². The molecule has 0 bridgehead atoms. The smallest absolute Gasteiger partial charge is 0.279 e. The number of ether oxygens (including phenoxy) is 2. The first-order valence-corrected chi connectivity index (χ1v) is 8.08. The number of nitrogens with zero attached hydrogens (tertiary/aromatic N) is 2. The third-order valence-electron chi connectivity index (χ3n) is 4.09. The molecule has 0 saturated carbocycles. The van der Waals surface area contributed by atoms with Gasteiger partial charge in [-0.2, -0.15) is 5.10 Å². The van der Waals surface area contributed by atoms with E-state index in [-0.39, 0.29) is 25.1 Å².